The number of nitrogens with zero attached hydrogens (tertiary/aromatic N) is 10. The number of tetrazole rings is 1. The van der Waals surface area contributed by atoms with Crippen molar-refractivity contribution in [1.82, 2.24) is 49.6 Å². The smallest absolute Gasteiger partial charge is 0.352 e. The van der Waals surface area contributed by atoms with E-state index >= 15 is 0 Å². The van der Waals surface area contributed by atoms with Crippen molar-refractivity contribution in [1.29, 1.82) is 0 Å². The molecule has 3 aliphatic heterocycles. The molecule has 0 spiro atoms. The molecule has 0 radical (unpaired) electrons. The monoisotopic (exact) mass is 692 g/mol. The fourth-order valence-corrected chi connectivity index (χ4v) is 8.57. The number of anilines is 1. The number of likely N-dealkylation sites (N-methyl/N-ethyl adjacent to an activating group) is 1. The van der Waals surface area contributed by atoms with Gasteiger partial charge in [0, 0.05) is 62.3 Å². The first-order valence-corrected chi connectivity index (χ1v) is 17.9. The Morgan fingerprint density at radius 3 is 2.70 bits per heavy atom. The highest BCUT2D eigenvalue weighted by Crippen LogP contribution is 2.41. The fourth-order valence-electron chi connectivity index (χ4n) is 5.75. The lowest BCUT2D eigenvalue weighted by Gasteiger charge is -2.49. The molecule has 1 aliphatic carbocycles. The lowest BCUT2D eigenvalue weighted by Crippen LogP contribution is -2.71. The van der Waals surface area contributed by atoms with E-state index in [4.69, 9.17) is 10.6 Å². The lowest BCUT2D eigenvalue weighted by molar-refractivity contribution is -0.150. The number of piperazine rings is 1. The molecule has 2 aromatic heterocycles. The molecule has 1 saturated carbocycles. The number of nitrogen functional groups attached to an aromatic ring is 1. The molecule has 4 aliphatic rings. The average Bonchev–Trinajstić information content (AvgIpc) is 3.82. The van der Waals surface area contributed by atoms with Gasteiger partial charge in [-0.25, -0.2) is 9.48 Å². The minimum atomic E-state index is -1.21. The maximum absolute atomic E-state index is 13.3. The third-order valence-electron chi connectivity index (χ3n) is 8.31. The molecular formula is C26H36N12O5S3. The van der Waals surface area contributed by atoms with E-state index in [0.29, 0.717) is 28.8 Å². The van der Waals surface area contributed by atoms with Crippen LogP contribution >= 0.6 is 35.1 Å². The van der Waals surface area contributed by atoms with Crippen molar-refractivity contribution < 1.29 is 24.3 Å². The molecule has 248 valence electrons. The predicted octanol–water partition coefficient (Wildman–Crippen LogP) is -0.0615. The second-order valence-electron chi connectivity index (χ2n) is 11.5. The van der Waals surface area contributed by atoms with E-state index in [9.17, 15) is 19.5 Å². The van der Waals surface area contributed by atoms with E-state index < -0.39 is 29.2 Å². The van der Waals surface area contributed by atoms with Crippen LogP contribution < -0.4 is 11.1 Å². The van der Waals surface area contributed by atoms with Gasteiger partial charge in [-0.05, 0) is 55.2 Å². The Balaban J connectivity index is 1.07. The number of carbonyl (C=O) groups excluding carboxylic acids is 2. The van der Waals surface area contributed by atoms with Crippen molar-refractivity contribution in [2.45, 2.75) is 61.3 Å². The number of carboxylic acid groups (broad SMARTS) is 1. The fraction of sp³-hybridized carbons (Fsp3) is 0.654. The van der Waals surface area contributed by atoms with Crippen molar-refractivity contribution >= 4 is 63.7 Å². The molecule has 0 bridgehead atoms. The van der Waals surface area contributed by atoms with E-state index in [0.717, 1.165) is 76.4 Å². The van der Waals surface area contributed by atoms with Crippen LogP contribution in [0.1, 0.15) is 37.9 Å². The second kappa shape index (κ2) is 14.6. The second-order valence-corrected chi connectivity index (χ2v) is 14.3. The Labute approximate surface area is 277 Å². The topological polar surface area (TPSA) is 210 Å². The number of carboxylic acids is 1. The highest BCUT2D eigenvalue weighted by atomic mass is 32.2. The third-order valence-corrected chi connectivity index (χ3v) is 11.2. The summed E-state index contributed by atoms with van der Waals surface area (Å²) in [7, 11) is 2.13. The number of hydrogen-bond acceptors (Lipinski definition) is 16. The number of amides is 2. The van der Waals surface area contributed by atoms with Crippen LogP contribution in [0.2, 0.25) is 0 Å². The summed E-state index contributed by atoms with van der Waals surface area (Å²) in [5.41, 5.74) is 6.06. The van der Waals surface area contributed by atoms with Crippen LogP contribution in [0.25, 0.3) is 0 Å². The maximum Gasteiger partial charge on any atom is 0.352 e. The van der Waals surface area contributed by atoms with Gasteiger partial charge in [0.05, 0.1) is 0 Å². The molecule has 2 aromatic rings. The molecule has 17 nitrogen and oxygen atoms in total. The van der Waals surface area contributed by atoms with Crippen molar-refractivity contribution in [3.05, 3.63) is 17.1 Å². The quantitative estimate of drug-likeness (QED) is 0.109. The van der Waals surface area contributed by atoms with E-state index in [-0.39, 0.29) is 28.5 Å². The van der Waals surface area contributed by atoms with Crippen molar-refractivity contribution in [2.24, 2.45) is 5.16 Å². The molecule has 46 heavy (non-hydrogen) atoms. The van der Waals surface area contributed by atoms with Gasteiger partial charge in [0.25, 0.3) is 11.8 Å². The molecule has 1 unspecified atom stereocenters. The summed E-state index contributed by atoms with van der Waals surface area (Å²) in [4.78, 5) is 54.7. The van der Waals surface area contributed by atoms with Crippen LogP contribution in [0.15, 0.2) is 21.6 Å². The van der Waals surface area contributed by atoms with Gasteiger partial charge in [0.2, 0.25) is 16.7 Å². The average molecular weight is 693 g/mol. The third kappa shape index (κ3) is 7.29. The lowest BCUT2D eigenvalue weighted by atomic mass is 10.0. The highest BCUT2D eigenvalue weighted by molar-refractivity contribution is 8.01. The number of nitrogens with one attached hydrogen (secondary N) is 1. The number of rotatable bonds is 13. The standard InChI is InChI=1S/C26H36N12O5S3/c1-35-9-11-36(12-10-35)7-4-8-37-26(30-33-34-37)45-14-15-13-44-23-18(22(40)38(23)19(15)24(41)42)28-21(39)17(20-29-25(27)46-32-20)31-43-16-5-2-3-6-16/h16,18,23H,2-14H2,1H3,(H,28,39)(H,41,42)(H2,27,29,32)/t18?,23-/m0/s1. The number of nitrogens with two attached hydrogens (primary N) is 1. The molecule has 3 fully saturated rings. The van der Waals surface area contributed by atoms with Crippen LogP contribution in [0, 0.1) is 0 Å². The molecule has 2 amide bonds. The first-order chi connectivity index (χ1) is 22.3. The van der Waals surface area contributed by atoms with Gasteiger partial charge in [-0.3, -0.25) is 14.5 Å². The normalized spacial score (nSPS) is 23.0. The number of thioether (sulfide) groups is 2. The SMILES string of the molecule is CN1CCN(CCCn2nnnc2SCC2=C(C(=O)O)N3C(=O)C(NC(=O)C(=NOC4CCCC4)c4nsc(N)n4)[C@@H]3SC2)CC1. The van der Waals surface area contributed by atoms with Crippen LogP contribution in [0.4, 0.5) is 5.13 Å². The molecule has 4 N–H and O–H groups in total. The van der Waals surface area contributed by atoms with Crippen molar-refractivity contribution in [3.63, 3.8) is 0 Å². The molecular weight excluding hydrogens is 657 g/mol. The number of aryl methyl sites for hydroxylation is 1. The van der Waals surface area contributed by atoms with Gasteiger partial charge in [-0.15, -0.1) is 16.9 Å². The summed E-state index contributed by atoms with van der Waals surface area (Å²) >= 11 is 3.63. The Morgan fingerprint density at radius 1 is 1.20 bits per heavy atom. The van der Waals surface area contributed by atoms with Crippen molar-refractivity contribution in [3.8, 4) is 0 Å². The Hall–Kier alpha value is -3.33. The number of fused-ring (bicyclic) bond motifs is 1. The van der Waals surface area contributed by atoms with Gasteiger partial charge < -0.3 is 30.8 Å². The molecule has 2 saturated heterocycles. The van der Waals surface area contributed by atoms with Gasteiger partial charge in [-0.2, -0.15) is 9.36 Å². The zero-order valence-electron chi connectivity index (χ0n) is 25.3. The summed E-state index contributed by atoms with van der Waals surface area (Å²) in [5, 5.41) is 29.1. The van der Waals surface area contributed by atoms with Crippen molar-refractivity contribution in [2.75, 3.05) is 57.0 Å². The Bertz CT molecular complexity index is 1500. The first kappa shape index (κ1) is 32.6. The van der Waals surface area contributed by atoms with E-state index in [1.54, 1.807) is 4.68 Å². The summed E-state index contributed by atoms with van der Waals surface area (Å²) < 4.78 is 5.83. The van der Waals surface area contributed by atoms with Gasteiger partial charge in [-0.1, -0.05) is 16.9 Å². The number of carbonyl (C=O) groups is 3. The number of aromatic nitrogens is 6. The summed E-state index contributed by atoms with van der Waals surface area (Å²) in [5.74, 6) is -1.77. The van der Waals surface area contributed by atoms with Crippen LogP contribution in [0.3, 0.4) is 0 Å². The first-order valence-electron chi connectivity index (χ1n) is 15.1. The van der Waals surface area contributed by atoms with Crippen LogP contribution in [-0.2, 0) is 25.8 Å². The molecule has 20 heteroatoms. The molecule has 2 atom stereocenters. The van der Waals surface area contributed by atoms with Crippen LogP contribution in [0.5, 0.6) is 0 Å². The minimum absolute atomic E-state index is 0.00465. The summed E-state index contributed by atoms with van der Waals surface area (Å²) in [6.07, 6.45) is 4.47. The zero-order valence-corrected chi connectivity index (χ0v) is 27.7. The number of aliphatic carboxylic acids is 1. The molecule has 0 aromatic carbocycles. The Kier molecular flexibility index (Phi) is 10.4. The zero-order chi connectivity index (χ0) is 32.2. The number of oxime groups is 1. The van der Waals surface area contributed by atoms with Gasteiger partial charge >= 0.3 is 5.97 Å². The molecule has 5 heterocycles. The van der Waals surface area contributed by atoms with E-state index in [1.165, 1.54) is 28.4 Å². The van der Waals surface area contributed by atoms with Crippen LogP contribution in [-0.4, -0.2) is 142 Å². The summed E-state index contributed by atoms with van der Waals surface area (Å²) in [6.45, 7) is 5.80. The largest absolute Gasteiger partial charge is 0.477 e. The number of hydrogen-bond donors (Lipinski definition) is 3. The van der Waals surface area contributed by atoms with Gasteiger partial charge in [0.1, 0.15) is 23.2 Å². The summed E-state index contributed by atoms with van der Waals surface area (Å²) in [6, 6.07) is -0.957. The van der Waals surface area contributed by atoms with E-state index in [2.05, 4.69) is 52.2 Å². The van der Waals surface area contributed by atoms with E-state index in [1.807, 2.05) is 0 Å². The minimum Gasteiger partial charge on any atom is -0.477 e. The maximum atomic E-state index is 13.3. The molecule has 6 rings (SSSR count). The number of β-lactam (4-membered cyclic amide) rings is 1. The Morgan fingerprint density at radius 2 is 1.98 bits per heavy atom. The van der Waals surface area contributed by atoms with Gasteiger partial charge in [0.15, 0.2) is 5.13 Å². The predicted molar refractivity (Wildman–Crippen MR) is 171 cm³/mol. The highest BCUT2D eigenvalue weighted by Gasteiger charge is 2.54.